The number of morpholine rings is 1. The molecule has 1 amide bonds. The zero-order chi connectivity index (χ0) is 23.5. The van der Waals surface area contributed by atoms with Gasteiger partial charge in [-0.15, -0.1) is 0 Å². The van der Waals surface area contributed by atoms with E-state index in [0.29, 0.717) is 60.8 Å². The van der Waals surface area contributed by atoms with E-state index in [1.807, 2.05) is 6.92 Å². The van der Waals surface area contributed by atoms with E-state index in [2.05, 4.69) is 11.0 Å². The predicted molar refractivity (Wildman–Crippen MR) is 132 cm³/mol. The monoisotopic (exact) mass is 488 g/mol. The topological polar surface area (TPSA) is 87.8 Å². The van der Waals surface area contributed by atoms with Gasteiger partial charge in [0.25, 0.3) is 11.5 Å². The Bertz CT molecular complexity index is 1080. The number of pyridine rings is 1. The first-order valence-corrected chi connectivity index (χ1v) is 12.6. The van der Waals surface area contributed by atoms with Crippen LogP contribution in [-0.4, -0.2) is 65.3 Å². The van der Waals surface area contributed by atoms with E-state index in [4.69, 9.17) is 21.7 Å². The Kier molecular flexibility index (Phi) is 7.54. The molecule has 1 aromatic heterocycles. The van der Waals surface area contributed by atoms with Gasteiger partial charge in [0.2, 0.25) is 0 Å². The molecule has 1 atom stereocenters. The smallest absolute Gasteiger partial charge is 0.270 e. The molecule has 0 saturated carbocycles. The van der Waals surface area contributed by atoms with Crippen LogP contribution in [0.1, 0.15) is 42.9 Å². The fraction of sp³-hybridized carbons (Fsp3) is 0.565. The first-order valence-electron chi connectivity index (χ1n) is 11.3. The van der Waals surface area contributed by atoms with Crippen molar-refractivity contribution in [3.63, 3.8) is 0 Å². The summed E-state index contributed by atoms with van der Waals surface area (Å²) in [6.07, 6.45) is 4.47. The van der Waals surface area contributed by atoms with Crippen molar-refractivity contribution in [3.05, 3.63) is 31.9 Å². The normalized spacial score (nSPS) is 22.5. The number of carbonyl (C=O) groups is 1. The Morgan fingerprint density at radius 1 is 1.27 bits per heavy atom. The van der Waals surface area contributed by atoms with E-state index < -0.39 is 0 Å². The molecule has 4 heterocycles. The van der Waals surface area contributed by atoms with Crippen LogP contribution in [0.5, 0.6) is 0 Å². The number of nitrogens with zero attached hydrogens (tertiary/aromatic N) is 4. The SMILES string of the molecule is CCCn1c(N2CCOCC2)c(/C=C2/SC(=S)N(CC3CCCO3)C2=O)c(C)c(C#N)c1=O. The fourth-order valence-corrected chi connectivity index (χ4v) is 5.73. The number of aromatic nitrogens is 1. The molecule has 0 radical (unpaired) electrons. The largest absolute Gasteiger partial charge is 0.378 e. The molecule has 33 heavy (non-hydrogen) atoms. The third-order valence-corrected chi connectivity index (χ3v) is 7.54. The molecule has 10 heteroatoms. The molecule has 4 rings (SSSR count). The van der Waals surface area contributed by atoms with Crippen molar-refractivity contribution in [2.45, 2.75) is 45.8 Å². The zero-order valence-electron chi connectivity index (χ0n) is 19.0. The van der Waals surface area contributed by atoms with Crippen molar-refractivity contribution in [2.75, 3.05) is 44.4 Å². The Balaban J connectivity index is 1.80. The second-order valence-electron chi connectivity index (χ2n) is 8.33. The van der Waals surface area contributed by atoms with Crippen LogP contribution in [0.15, 0.2) is 9.70 Å². The third kappa shape index (κ3) is 4.73. The summed E-state index contributed by atoms with van der Waals surface area (Å²) in [5.74, 6) is 0.589. The van der Waals surface area contributed by atoms with Crippen LogP contribution in [0.4, 0.5) is 5.82 Å². The average molecular weight is 489 g/mol. The Hall–Kier alpha value is -2.19. The summed E-state index contributed by atoms with van der Waals surface area (Å²) < 4.78 is 13.4. The zero-order valence-corrected chi connectivity index (χ0v) is 20.6. The quantitative estimate of drug-likeness (QED) is 0.446. The van der Waals surface area contributed by atoms with Gasteiger partial charge < -0.3 is 14.4 Å². The Labute approximate surface area is 203 Å². The molecule has 0 aliphatic carbocycles. The van der Waals surface area contributed by atoms with Gasteiger partial charge >= 0.3 is 0 Å². The number of amides is 1. The van der Waals surface area contributed by atoms with Crippen molar-refractivity contribution in [3.8, 4) is 6.07 Å². The van der Waals surface area contributed by atoms with Crippen molar-refractivity contribution < 1.29 is 14.3 Å². The van der Waals surface area contributed by atoms with Crippen LogP contribution in [0, 0.1) is 18.3 Å². The molecule has 0 aromatic carbocycles. The highest BCUT2D eigenvalue weighted by Crippen LogP contribution is 2.36. The van der Waals surface area contributed by atoms with Crippen LogP contribution >= 0.6 is 24.0 Å². The number of hydrogen-bond donors (Lipinski definition) is 0. The number of thioether (sulfide) groups is 1. The number of nitriles is 1. The van der Waals surface area contributed by atoms with E-state index >= 15 is 0 Å². The fourth-order valence-electron chi connectivity index (χ4n) is 4.47. The molecule has 3 aliphatic heterocycles. The lowest BCUT2D eigenvalue weighted by atomic mass is 10.0. The van der Waals surface area contributed by atoms with E-state index in [-0.39, 0.29) is 23.1 Å². The van der Waals surface area contributed by atoms with Crippen LogP contribution in [0.3, 0.4) is 0 Å². The van der Waals surface area contributed by atoms with Crippen LogP contribution in [-0.2, 0) is 20.8 Å². The predicted octanol–water partition coefficient (Wildman–Crippen LogP) is 2.66. The molecule has 176 valence electrons. The van der Waals surface area contributed by atoms with E-state index in [1.54, 1.807) is 22.5 Å². The van der Waals surface area contributed by atoms with Gasteiger partial charge in [-0.1, -0.05) is 30.9 Å². The van der Waals surface area contributed by atoms with Crippen LogP contribution in [0.25, 0.3) is 6.08 Å². The van der Waals surface area contributed by atoms with Gasteiger partial charge in [0.15, 0.2) is 0 Å². The van der Waals surface area contributed by atoms with Crippen LogP contribution in [0.2, 0.25) is 0 Å². The van der Waals surface area contributed by atoms with Gasteiger partial charge in [-0.2, -0.15) is 5.26 Å². The molecular formula is C23H28N4O4S2. The minimum atomic E-state index is -0.290. The van der Waals surface area contributed by atoms with Crippen molar-refractivity contribution in [1.82, 2.24) is 9.47 Å². The third-order valence-electron chi connectivity index (χ3n) is 6.16. The first kappa shape index (κ1) is 24.0. The summed E-state index contributed by atoms with van der Waals surface area (Å²) in [6.45, 7) is 7.82. The van der Waals surface area contributed by atoms with Gasteiger partial charge in [0, 0.05) is 31.8 Å². The maximum Gasteiger partial charge on any atom is 0.270 e. The minimum absolute atomic E-state index is 0.00847. The highest BCUT2D eigenvalue weighted by Gasteiger charge is 2.35. The molecule has 3 saturated heterocycles. The molecule has 1 aromatic rings. The average Bonchev–Trinajstić information content (AvgIpc) is 3.42. The lowest BCUT2D eigenvalue weighted by Crippen LogP contribution is -2.41. The summed E-state index contributed by atoms with van der Waals surface area (Å²) in [4.78, 5) is 30.7. The number of anilines is 1. The lowest BCUT2D eigenvalue weighted by Gasteiger charge is -2.33. The van der Waals surface area contributed by atoms with Crippen molar-refractivity contribution >= 4 is 46.1 Å². The summed E-state index contributed by atoms with van der Waals surface area (Å²) >= 11 is 6.77. The Morgan fingerprint density at radius 3 is 2.67 bits per heavy atom. The van der Waals surface area contributed by atoms with Gasteiger partial charge in [0.1, 0.15) is 21.8 Å². The van der Waals surface area contributed by atoms with Crippen molar-refractivity contribution in [1.29, 1.82) is 5.26 Å². The number of thiocarbonyl (C=S) groups is 1. The maximum atomic E-state index is 13.3. The van der Waals surface area contributed by atoms with Crippen LogP contribution < -0.4 is 10.5 Å². The van der Waals surface area contributed by atoms with E-state index in [9.17, 15) is 14.9 Å². The number of hydrogen-bond acceptors (Lipinski definition) is 8. The number of ether oxygens (including phenoxy) is 2. The van der Waals surface area contributed by atoms with Gasteiger partial charge in [-0.25, -0.2) is 0 Å². The number of rotatable bonds is 6. The molecular weight excluding hydrogens is 460 g/mol. The van der Waals surface area contributed by atoms with Crippen molar-refractivity contribution in [2.24, 2.45) is 0 Å². The highest BCUT2D eigenvalue weighted by molar-refractivity contribution is 8.26. The molecule has 1 unspecified atom stereocenters. The summed E-state index contributed by atoms with van der Waals surface area (Å²) in [6, 6.07) is 2.08. The summed E-state index contributed by atoms with van der Waals surface area (Å²) in [5, 5.41) is 9.74. The second-order valence-corrected chi connectivity index (χ2v) is 10.0. The Morgan fingerprint density at radius 2 is 2.03 bits per heavy atom. The molecule has 3 aliphatic rings. The lowest BCUT2D eigenvalue weighted by molar-refractivity contribution is -0.123. The molecule has 0 N–H and O–H groups in total. The molecule has 0 bridgehead atoms. The summed E-state index contributed by atoms with van der Waals surface area (Å²) in [7, 11) is 0. The highest BCUT2D eigenvalue weighted by atomic mass is 32.2. The standard InChI is InChI=1S/C23H28N4O4S2/c1-3-6-26-20(25-7-10-30-11-8-25)17(15(2)18(13-24)21(26)28)12-19-22(29)27(23(32)33-19)14-16-5-4-9-31-16/h12,16H,3-11,14H2,1-2H3/b19-12+. The van der Waals surface area contributed by atoms with E-state index in [1.165, 1.54) is 11.8 Å². The number of carbonyl (C=O) groups excluding carboxylic acids is 1. The van der Waals surface area contributed by atoms with E-state index in [0.717, 1.165) is 30.6 Å². The molecule has 0 spiro atoms. The first-order chi connectivity index (χ1) is 16.0. The minimum Gasteiger partial charge on any atom is -0.378 e. The van der Waals surface area contributed by atoms with Gasteiger partial charge in [-0.05, 0) is 37.8 Å². The van der Waals surface area contributed by atoms with Gasteiger partial charge in [0.05, 0.1) is 30.8 Å². The second kappa shape index (κ2) is 10.4. The maximum absolute atomic E-state index is 13.3. The summed E-state index contributed by atoms with van der Waals surface area (Å²) in [5.41, 5.74) is 1.13. The van der Waals surface area contributed by atoms with Gasteiger partial charge in [-0.3, -0.25) is 19.1 Å². The molecule has 3 fully saturated rings. The molecule has 8 nitrogen and oxygen atoms in total.